The summed E-state index contributed by atoms with van der Waals surface area (Å²) in [7, 11) is 5.16. The van der Waals surface area contributed by atoms with Crippen molar-refractivity contribution in [1.29, 1.82) is 0 Å². The lowest BCUT2D eigenvalue weighted by Crippen LogP contribution is -2.46. The molecule has 0 aromatic carbocycles. The smallest absolute Gasteiger partial charge is 0.251 e. The summed E-state index contributed by atoms with van der Waals surface area (Å²) in [6, 6.07) is 1.85. The molecule has 2 fully saturated rings. The molecule has 7 heteroatoms. The van der Waals surface area contributed by atoms with Crippen molar-refractivity contribution in [2.75, 3.05) is 39.2 Å². The average molecular weight is 320 g/mol. The lowest BCUT2D eigenvalue weighted by atomic mass is 9.88. The zero-order valence-electron chi connectivity index (χ0n) is 14.0. The monoisotopic (exact) mass is 320 g/mol. The molecule has 1 aromatic heterocycles. The molecule has 1 amide bonds. The summed E-state index contributed by atoms with van der Waals surface area (Å²) in [5.74, 6) is 1.53. The van der Waals surface area contributed by atoms with Crippen molar-refractivity contribution in [2.24, 2.45) is 0 Å². The lowest BCUT2D eigenvalue weighted by Gasteiger charge is -2.39. The third-order valence-electron chi connectivity index (χ3n) is 4.81. The first-order chi connectivity index (χ1) is 11.0. The van der Waals surface area contributed by atoms with Gasteiger partial charge >= 0.3 is 0 Å². The van der Waals surface area contributed by atoms with Crippen LogP contribution in [-0.2, 0) is 9.53 Å². The fourth-order valence-corrected chi connectivity index (χ4v) is 3.40. The highest BCUT2D eigenvalue weighted by Gasteiger charge is 2.45. The van der Waals surface area contributed by atoms with Gasteiger partial charge in [0.25, 0.3) is 5.91 Å². The highest BCUT2D eigenvalue weighted by molar-refractivity contribution is 5.80. The van der Waals surface area contributed by atoms with Crippen molar-refractivity contribution in [3.8, 4) is 5.88 Å². The van der Waals surface area contributed by atoms with Crippen molar-refractivity contribution < 1.29 is 14.3 Å². The second-order valence-electron chi connectivity index (χ2n) is 6.47. The number of likely N-dealkylation sites (N-methyl/N-ethyl adjacent to an activating group) is 1. The minimum atomic E-state index is -0.282. The van der Waals surface area contributed by atoms with Gasteiger partial charge in [-0.3, -0.25) is 4.79 Å². The molecule has 3 heterocycles. The van der Waals surface area contributed by atoms with Crippen LogP contribution in [0.5, 0.6) is 5.88 Å². The first-order valence-electron chi connectivity index (χ1n) is 8.03. The summed E-state index contributed by atoms with van der Waals surface area (Å²) < 4.78 is 11.3. The van der Waals surface area contributed by atoms with E-state index in [1.165, 1.54) is 6.33 Å². The molecule has 0 bridgehead atoms. The van der Waals surface area contributed by atoms with Gasteiger partial charge in [0, 0.05) is 33.3 Å². The van der Waals surface area contributed by atoms with E-state index in [4.69, 9.17) is 9.47 Å². The molecule has 7 nitrogen and oxygen atoms in total. The summed E-state index contributed by atoms with van der Waals surface area (Å²) >= 11 is 0. The number of aromatic nitrogens is 2. The Hall–Kier alpha value is -1.89. The molecule has 23 heavy (non-hydrogen) atoms. The van der Waals surface area contributed by atoms with E-state index in [1.54, 1.807) is 26.1 Å². The maximum atomic E-state index is 12.1. The molecule has 1 atom stereocenters. The Labute approximate surface area is 136 Å². The summed E-state index contributed by atoms with van der Waals surface area (Å²) in [6.07, 6.45) is 4.84. The normalized spacial score (nSPS) is 23.1. The second kappa shape index (κ2) is 6.31. The number of amides is 1. The number of methoxy groups -OCH3 is 1. The highest BCUT2D eigenvalue weighted by atomic mass is 16.5. The van der Waals surface area contributed by atoms with Crippen LogP contribution in [0.25, 0.3) is 0 Å². The standard InChI is InChI=1S/C16H24N4O3/c1-19(2)15(21)12-4-5-16(23-12)6-8-20(9-7-16)13-10-14(22-3)18-11-17-13/h10-12H,4-9H2,1-3H3/t12-/m1/s1. The maximum Gasteiger partial charge on any atom is 0.251 e. The molecule has 0 saturated carbocycles. The van der Waals surface area contributed by atoms with E-state index in [0.717, 1.165) is 44.6 Å². The zero-order chi connectivity index (χ0) is 16.4. The number of ether oxygens (including phenoxy) is 2. The van der Waals surface area contributed by atoms with E-state index in [1.807, 2.05) is 6.07 Å². The Bertz CT molecular complexity index is 570. The fourth-order valence-electron chi connectivity index (χ4n) is 3.40. The van der Waals surface area contributed by atoms with E-state index in [2.05, 4.69) is 14.9 Å². The highest BCUT2D eigenvalue weighted by Crippen LogP contribution is 2.40. The van der Waals surface area contributed by atoms with Gasteiger partial charge in [-0.15, -0.1) is 0 Å². The van der Waals surface area contributed by atoms with Crippen molar-refractivity contribution in [3.63, 3.8) is 0 Å². The van der Waals surface area contributed by atoms with Crippen LogP contribution in [0.1, 0.15) is 25.7 Å². The molecule has 0 aliphatic carbocycles. The predicted molar refractivity (Wildman–Crippen MR) is 85.6 cm³/mol. The van der Waals surface area contributed by atoms with Gasteiger partial charge < -0.3 is 19.3 Å². The van der Waals surface area contributed by atoms with Crippen LogP contribution in [0.15, 0.2) is 12.4 Å². The van der Waals surface area contributed by atoms with Gasteiger partial charge in [0.2, 0.25) is 5.88 Å². The van der Waals surface area contributed by atoms with Crippen molar-refractivity contribution >= 4 is 11.7 Å². The quantitative estimate of drug-likeness (QED) is 0.830. The molecule has 2 saturated heterocycles. The molecule has 3 rings (SSSR count). The number of carbonyl (C=O) groups excluding carboxylic acids is 1. The predicted octanol–water partition coefficient (Wildman–Crippen LogP) is 1.09. The largest absolute Gasteiger partial charge is 0.481 e. The second-order valence-corrected chi connectivity index (χ2v) is 6.47. The van der Waals surface area contributed by atoms with E-state index in [9.17, 15) is 4.79 Å². The number of hydrogen-bond acceptors (Lipinski definition) is 6. The van der Waals surface area contributed by atoms with Crippen LogP contribution < -0.4 is 9.64 Å². The molecule has 2 aliphatic heterocycles. The van der Waals surface area contributed by atoms with Crippen molar-refractivity contribution in [3.05, 3.63) is 12.4 Å². The topological polar surface area (TPSA) is 67.8 Å². The molecule has 0 unspecified atom stereocenters. The van der Waals surface area contributed by atoms with Crippen LogP contribution >= 0.6 is 0 Å². The van der Waals surface area contributed by atoms with Gasteiger partial charge in [-0.1, -0.05) is 0 Å². The molecule has 0 N–H and O–H groups in total. The molecular formula is C16H24N4O3. The summed E-state index contributed by atoms with van der Waals surface area (Å²) in [5.41, 5.74) is -0.149. The molecule has 2 aliphatic rings. The fraction of sp³-hybridized carbons (Fsp3) is 0.688. The Morgan fingerprint density at radius 3 is 2.74 bits per heavy atom. The lowest BCUT2D eigenvalue weighted by molar-refractivity contribution is -0.146. The minimum absolute atomic E-state index is 0.0739. The maximum absolute atomic E-state index is 12.1. The third-order valence-corrected chi connectivity index (χ3v) is 4.81. The van der Waals surface area contributed by atoms with Gasteiger partial charge in [-0.25, -0.2) is 9.97 Å². The van der Waals surface area contributed by atoms with Gasteiger partial charge in [0.15, 0.2) is 0 Å². The van der Waals surface area contributed by atoms with Gasteiger partial charge in [-0.05, 0) is 25.7 Å². The van der Waals surface area contributed by atoms with E-state index >= 15 is 0 Å². The SMILES string of the molecule is COc1cc(N2CCC3(CC[C@H](C(=O)N(C)C)O3)CC2)ncn1. The molecule has 126 valence electrons. The number of piperidine rings is 1. The van der Waals surface area contributed by atoms with Gasteiger partial charge in [0.1, 0.15) is 18.2 Å². The average Bonchev–Trinajstić information content (AvgIpc) is 2.98. The van der Waals surface area contributed by atoms with Gasteiger partial charge in [-0.2, -0.15) is 0 Å². The van der Waals surface area contributed by atoms with Crippen LogP contribution in [0.2, 0.25) is 0 Å². The molecule has 0 radical (unpaired) electrons. The van der Waals surface area contributed by atoms with E-state index in [0.29, 0.717) is 5.88 Å². The number of nitrogens with zero attached hydrogens (tertiary/aromatic N) is 4. The van der Waals surface area contributed by atoms with Crippen LogP contribution in [0.3, 0.4) is 0 Å². The zero-order valence-corrected chi connectivity index (χ0v) is 14.0. The number of anilines is 1. The Balaban J connectivity index is 1.61. The number of carbonyl (C=O) groups is 1. The van der Waals surface area contributed by atoms with Crippen molar-refractivity contribution in [2.45, 2.75) is 37.4 Å². The first-order valence-corrected chi connectivity index (χ1v) is 8.03. The third kappa shape index (κ3) is 3.24. The molecule has 1 spiro atoms. The molecular weight excluding hydrogens is 296 g/mol. The van der Waals surface area contributed by atoms with Gasteiger partial charge in [0.05, 0.1) is 12.7 Å². The number of hydrogen-bond donors (Lipinski definition) is 0. The summed E-state index contributed by atoms with van der Waals surface area (Å²) in [5, 5.41) is 0. The van der Waals surface area contributed by atoms with E-state index < -0.39 is 0 Å². The molecule has 1 aromatic rings. The van der Waals surface area contributed by atoms with Crippen LogP contribution in [0.4, 0.5) is 5.82 Å². The van der Waals surface area contributed by atoms with Crippen molar-refractivity contribution in [1.82, 2.24) is 14.9 Å². The number of rotatable bonds is 3. The van der Waals surface area contributed by atoms with Crippen LogP contribution in [-0.4, -0.2) is 66.8 Å². The van der Waals surface area contributed by atoms with Crippen LogP contribution in [0, 0.1) is 0 Å². The Kier molecular flexibility index (Phi) is 4.39. The summed E-state index contributed by atoms with van der Waals surface area (Å²) in [4.78, 5) is 24.3. The first kappa shape index (κ1) is 16.0. The Morgan fingerprint density at radius 1 is 1.35 bits per heavy atom. The minimum Gasteiger partial charge on any atom is -0.481 e. The summed E-state index contributed by atoms with van der Waals surface area (Å²) in [6.45, 7) is 1.73. The Morgan fingerprint density at radius 2 is 2.09 bits per heavy atom. The van der Waals surface area contributed by atoms with E-state index in [-0.39, 0.29) is 17.6 Å².